The zero-order valence-corrected chi connectivity index (χ0v) is 9.51. The summed E-state index contributed by atoms with van der Waals surface area (Å²) in [5.74, 6) is 0.600. The van der Waals surface area contributed by atoms with E-state index in [1.807, 2.05) is 18.2 Å². The van der Waals surface area contributed by atoms with Crippen molar-refractivity contribution in [3.05, 3.63) is 58.0 Å². The number of H-pyrrole nitrogens is 1. The number of rotatable bonds is 4. The number of aromatic amines is 1. The molecule has 2 rings (SSSR count). The van der Waals surface area contributed by atoms with Crippen LogP contribution in [0.1, 0.15) is 17.2 Å². The van der Waals surface area contributed by atoms with Crippen molar-refractivity contribution in [3.63, 3.8) is 0 Å². The van der Waals surface area contributed by atoms with Gasteiger partial charge in [0, 0.05) is 31.5 Å². The summed E-state index contributed by atoms with van der Waals surface area (Å²) in [6, 6.07) is 7.08. The molecule has 0 bridgehead atoms. The van der Waals surface area contributed by atoms with Crippen LogP contribution in [0.2, 0.25) is 0 Å². The van der Waals surface area contributed by atoms with Gasteiger partial charge in [-0.15, -0.1) is 0 Å². The average molecular weight is 231 g/mol. The lowest BCUT2D eigenvalue weighted by molar-refractivity contribution is 0.181. The van der Waals surface area contributed by atoms with Gasteiger partial charge in [0.2, 0.25) is 0 Å². The molecule has 0 unspecified atom stereocenters. The fourth-order valence-electron chi connectivity index (χ4n) is 1.54. The Hall–Kier alpha value is -2.01. The number of hydrogen-bond acceptors (Lipinski definition) is 4. The second kappa shape index (κ2) is 5.36. The minimum atomic E-state index is -0.169. The summed E-state index contributed by atoms with van der Waals surface area (Å²) in [7, 11) is 1.57. The Balaban J connectivity index is 2.24. The first kappa shape index (κ1) is 11.5. The highest BCUT2D eigenvalue weighted by Crippen LogP contribution is 2.01. The summed E-state index contributed by atoms with van der Waals surface area (Å²) in [6.45, 7) is 0.332. The second-order valence-electron chi connectivity index (χ2n) is 3.61. The minimum absolute atomic E-state index is 0.169. The van der Waals surface area contributed by atoms with Crippen molar-refractivity contribution in [2.24, 2.45) is 0 Å². The Morgan fingerprint density at radius 3 is 2.94 bits per heavy atom. The summed E-state index contributed by atoms with van der Waals surface area (Å²) in [4.78, 5) is 22.6. The van der Waals surface area contributed by atoms with Gasteiger partial charge in [-0.1, -0.05) is 6.07 Å². The zero-order valence-electron chi connectivity index (χ0n) is 9.51. The molecule has 0 aliphatic rings. The van der Waals surface area contributed by atoms with E-state index in [-0.39, 0.29) is 5.56 Å². The van der Waals surface area contributed by atoms with E-state index in [0.717, 1.165) is 5.69 Å². The van der Waals surface area contributed by atoms with E-state index in [4.69, 9.17) is 4.74 Å². The van der Waals surface area contributed by atoms with E-state index in [9.17, 15) is 4.79 Å². The van der Waals surface area contributed by atoms with Gasteiger partial charge >= 0.3 is 0 Å². The lowest BCUT2D eigenvalue weighted by Gasteiger charge is -2.03. The summed E-state index contributed by atoms with van der Waals surface area (Å²) in [5.41, 5.74) is 1.32. The van der Waals surface area contributed by atoms with Gasteiger partial charge in [0.1, 0.15) is 5.82 Å². The maximum absolute atomic E-state index is 11.4. The van der Waals surface area contributed by atoms with E-state index >= 15 is 0 Å². The Labute approximate surface area is 98.5 Å². The van der Waals surface area contributed by atoms with Crippen LogP contribution in [0.4, 0.5) is 0 Å². The van der Waals surface area contributed by atoms with Gasteiger partial charge in [0.15, 0.2) is 0 Å². The third-order valence-corrected chi connectivity index (χ3v) is 2.21. The molecule has 0 fully saturated rings. The summed E-state index contributed by atoms with van der Waals surface area (Å²) < 4.78 is 4.96. The quantitative estimate of drug-likeness (QED) is 0.849. The smallest absolute Gasteiger partial charge is 0.251 e. The summed E-state index contributed by atoms with van der Waals surface area (Å²) in [5, 5.41) is 0. The first-order chi connectivity index (χ1) is 8.28. The van der Waals surface area contributed by atoms with Gasteiger partial charge in [0.05, 0.1) is 12.3 Å². The van der Waals surface area contributed by atoms with Gasteiger partial charge in [-0.25, -0.2) is 4.98 Å². The maximum Gasteiger partial charge on any atom is 0.251 e. The highest BCUT2D eigenvalue weighted by Gasteiger charge is 2.03. The number of nitrogens with one attached hydrogen (secondary N) is 1. The van der Waals surface area contributed by atoms with Gasteiger partial charge < -0.3 is 9.72 Å². The van der Waals surface area contributed by atoms with Crippen molar-refractivity contribution in [2.45, 2.75) is 13.0 Å². The molecule has 1 N–H and O–H groups in total. The minimum Gasteiger partial charge on any atom is -0.378 e. The van der Waals surface area contributed by atoms with Crippen LogP contribution in [-0.4, -0.2) is 22.1 Å². The Kier molecular flexibility index (Phi) is 3.62. The van der Waals surface area contributed by atoms with Crippen LogP contribution >= 0.6 is 0 Å². The zero-order chi connectivity index (χ0) is 12.1. The van der Waals surface area contributed by atoms with Crippen molar-refractivity contribution >= 4 is 0 Å². The molecule has 2 aromatic heterocycles. The summed E-state index contributed by atoms with van der Waals surface area (Å²) >= 11 is 0. The lowest BCUT2D eigenvalue weighted by Crippen LogP contribution is -2.13. The predicted molar refractivity (Wildman–Crippen MR) is 62.6 cm³/mol. The number of nitrogens with zero attached hydrogens (tertiary/aromatic N) is 2. The van der Waals surface area contributed by atoms with Crippen LogP contribution in [0.3, 0.4) is 0 Å². The van der Waals surface area contributed by atoms with Crippen LogP contribution < -0.4 is 5.56 Å². The number of methoxy groups -OCH3 is 1. The molecule has 2 aromatic rings. The van der Waals surface area contributed by atoms with Crippen molar-refractivity contribution in [1.82, 2.24) is 15.0 Å². The molecular weight excluding hydrogens is 218 g/mol. The fourth-order valence-corrected chi connectivity index (χ4v) is 1.54. The topological polar surface area (TPSA) is 67.9 Å². The van der Waals surface area contributed by atoms with Gasteiger partial charge in [0.25, 0.3) is 5.56 Å². The highest BCUT2D eigenvalue weighted by molar-refractivity contribution is 5.11. The van der Waals surface area contributed by atoms with Crippen LogP contribution in [-0.2, 0) is 17.8 Å². The number of aromatic nitrogens is 3. The second-order valence-corrected chi connectivity index (χ2v) is 3.61. The fraction of sp³-hybridized carbons (Fsp3) is 0.250. The third-order valence-electron chi connectivity index (χ3n) is 2.21. The SMILES string of the molecule is COCc1cc(=O)[nH]c(Cc2ccccn2)n1. The first-order valence-corrected chi connectivity index (χ1v) is 5.26. The van der Waals surface area contributed by atoms with Crippen molar-refractivity contribution in [1.29, 1.82) is 0 Å². The molecule has 0 amide bonds. The number of hydrogen-bond donors (Lipinski definition) is 1. The molecule has 0 atom stereocenters. The standard InChI is InChI=1S/C12H13N3O2/c1-17-8-10-7-12(16)15-11(14-10)6-9-4-2-3-5-13-9/h2-5,7H,6,8H2,1H3,(H,14,15,16). The molecular formula is C12H13N3O2. The monoisotopic (exact) mass is 231 g/mol. The van der Waals surface area contributed by atoms with E-state index in [1.165, 1.54) is 6.07 Å². The molecule has 0 saturated heterocycles. The normalized spacial score (nSPS) is 10.4. The van der Waals surface area contributed by atoms with Gasteiger partial charge in [-0.2, -0.15) is 0 Å². The van der Waals surface area contributed by atoms with Crippen LogP contribution in [0.15, 0.2) is 35.3 Å². The van der Waals surface area contributed by atoms with Crippen LogP contribution in [0, 0.1) is 0 Å². The number of pyridine rings is 1. The predicted octanol–water partition coefficient (Wildman–Crippen LogP) is 0.902. The number of ether oxygens (including phenoxy) is 1. The Morgan fingerprint density at radius 2 is 2.24 bits per heavy atom. The van der Waals surface area contributed by atoms with E-state index in [0.29, 0.717) is 24.5 Å². The summed E-state index contributed by atoms with van der Waals surface area (Å²) in [6.07, 6.45) is 2.22. The largest absolute Gasteiger partial charge is 0.378 e. The molecule has 0 aliphatic carbocycles. The maximum atomic E-state index is 11.4. The third kappa shape index (κ3) is 3.22. The highest BCUT2D eigenvalue weighted by atomic mass is 16.5. The molecule has 2 heterocycles. The molecule has 0 aliphatic heterocycles. The van der Waals surface area contributed by atoms with Crippen LogP contribution in [0.25, 0.3) is 0 Å². The first-order valence-electron chi connectivity index (χ1n) is 5.26. The molecule has 0 saturated carbocycles. The van der Waals surface area contributed by atoms with Crippen molar-refractivity contribution < 1.29 is 4.74 Å². The molecule has 5 nitrogen and oxygen atoms in total. The molecule has 5 heteroatoms. The van der Waals surface area contributed by atoms with Crippen molar-refractivity contribution in [2.75, 3.05) is 7.11 Å². The van der Waals surface area contributed by atoms with E-state index in [1.54, 1.807) is 13.3 Å². The molecule has 0 radical (unpaired) electrons. The van der Waals surface area contributed by atoms with Gasteiger partial charge in [-0.05, 0) is 12.1 Å². The molecule has 0 spiro atoms. The lowest BCUT2D eigenvalue weighted by atomic mass is 10.2. The molecule has 17 heavy (non-hydrogen) atoms. The molecule has 0 aromatic carbocycles. The van der Waals surface area contributed by atoms with Crippen molar-refractivity contribution in [3.8, 4) is 0 Å². The van der Waals surface area contributed by atoms with Gasteiger partial charge in [-0.3, -0.25) is 9.78 Å². The Morgan fingerprint density at radius 1 is 1.35 bits per heavy atom. The van der Waals surface area contributed by atoms with Crippen LogP contribution in [0.5, 0.6) is 0 Å². The Bertz CT molecular complexity index is 537. The molecule has 88 valence electrons. The van der Waals surface area contributed by atoms with E-state index < -0.39 is 0 Å². The average Bonchev–Trinajstić information content (AvgIpc) is 2.30. The van der Waals surface area contributed by atoms with E-state index in [2.05, 4.69) is 15.0 Å².